The van der Waals surface area contributed by atoms with Crippen LogP contribution >= 0.6 is 0 Å². The zero-order chi connectivity index (χ0) is 6.55. The monoisotopic (exact) mass is 130 g/mol. The van der Waals surface area contributed by atoms with Gasteiger partial charge in [-0.25, -0.2) is 0 Å². The predicted octanol–water partition coefficient (Wildman–Crippen LogP) is 0.449. The van der Waals surface area contributed by atoms with E-state index >= 15 is 0 Å². The molecule has 0 N–H and O–H groups in total. The zero-order valence-electron chi connectivity index (χ0n) is 4.94. The quantitative estimate of drug-likeness (QED) is 0.443. The summed E-state index contributed by atoms with van der Waals surface area (Å²) < 4.78 is 0. The second-order valence-electron chi connectivity index (χ2n) is 2.20. The smallest absolute Gasteiger partial charge is 0.143 e. The third-order valence-corrected chi connectivity index (χ3v) is 1.62. The molecule has 1 aromatic carbocycles. The molecule has 0 atom stereocenters. The van der Waals surface area contributed by atoms with Crippen molar-refractivity contribution in [1.29, 1.82) is 0 Å². The fraction of sp³-hybridized carbons (Fsp3) is 0. The van der Waals surface area contributed by atoms with Gasteiger partial charge in [-0.3, -0.25) is 0 Å². The lowest BCUT2D eigenvalue weighted by atomic mass is 10.2. The van der Waals surface area contributed by atoms with Gasteiger partial charge in [-0.2, -0.15) is 0 Å². The first-order valence-electron chi connectivity index (χ1n) is 2.96. The van der Waals surface area contributed by atoms with Gasteiger partial charge in [0, 0.05) is 0 Å². The van der Waals surface area contributed by atoms with Gasteiger partial charge in [0.1, 0.15) is 22.1 Å². The minimum absolute atomic E-state index is 0.896. The lowest BCUT2D eigenvalue weighted by Crippen LogP contribution is -1.98. The summed E-state index contributed by atoms with van der Waals surface area (Å²) in [6.07, 6.45) is 0. The van der Waals surface area contributed by atoms with E-state index in [0.717, 1.165) is 22.1 Å². The van der Waals surface area contributed by atoms with Crippen LogP contribution in [0.4, 0.5) is 0 Å². The van der Waals surface area contributed by atoms with E-state index in [2.05, 4.69) is 20.4 Å². The van der Waals surface area contributed by atoms with Crippen molar-refractivity contribution in [3.63, 3.8) is 0 Å². The zero-order valence-corrected chi connectivity index (χ0v) is 4.94. The molecule has 0 unspecified atom stereocenters. The molecule has 0 radical (unpaired) electrons. The van der Waals surface area contributed by atoms with Crippen LogP contribution in [0.15, 0.2) is 12.1 Å². The molecule has 46 valence electrons. The third kappa shape index (κ3) is 0.292. The van der Waals surface area contributed by atoms with Crippen molar-refractivity contribution in [3.05, 3.63) is 12.1 Å². The first kappa shape index (κ1) is 4.27. The number of hydrogen-bond donors (Lipinski definition) is 0. The number of aromatic nitrogens is 4. The molecule has 0 amide bonds. The Hall–Kier alpha value is -1.58. The normalized spacial score (nSPS) is 12.0. The molecule has 0 fully saturated rings. The molecular formula is C6H2N4. The second-order valence-corrected chi connectivity index (χ2v) is 2.20. The van der Waals surface area contributed by atoms with Crippen LogP contribution in [0.2, 0.25) is 0 Å². The Morgan fingerprint density at radius 3 is 1.50 bits per heavy atom. The van der Waals surface area contributed by atoms with Gasteiger partial charge in [-0.05, 0) is 12.1 Å². The van der Waals surface area contributed by atoms with Crippen LogP contribution < -0.4 is 0 Å². The molecule has 3 rings (SSSR count). The number of hydrogen-bond acceptors (Lipinski definition) is 4. The van der Waals surface area contributed by atoms with Crippen molar-refractivity contribution in [2.75, 3.05) is 0 Å². The Labute approximate surface area is 55.6 Å². The summed E-state index contributed by atoms with van der Waals surface area (Å²) in [7, 11) is 0. The van der Waals surface area contributed by atoms with E-state index in [1.807, 2.05) is 12.1 Å². The van der Waals surface area contributed by atoms with E-state index in [0.29, 0.717) is 0 Å². The fourth-order valence-electron chi connectivity index (χ4n) is 1.04. The van der Waals surface area contributed by atoms with Crippen molar-refractivity contribution in [3.8, 4) is 0 Å². The Morgan fingerprint density at radius 1 is 0.700 bits per heavy atom. The van der Waals surface area contributed by atoms with Crippen LogP contribution in [0.5, 0.6) is 0 Å². The average Bonchev–Trinajstić information content (AvgIpc) is 1.84. The van der Waals surface area contributed by atoms with E-state index < -0.39 is 0 Å². The molecule has 0 aliphatic heterocycles. The highest BCUT2D eigenvalue weighted by atomic mass is 15.2. The van der Waals surface area contributed by atoms with Gasteiger partial charge in [0.05, 0.1) is 0 Å². The molecule has 0 bridgehead atoms. The number of fused-ring (bicyclic) bond motifs is 3. The molecule has 0 aliphatic rings. The lowest BCUT2D eigenvalue weighted by Gasteiger charge is -2.02. The molecule has 2 aromatic heterocycles. The van der Waals surface area contributed by atoms with Crippen molar-refractivity contribution < 1.29 is 0 Å². The lowest BCUT2D eigenvalue weighted by molar-refractivity contribution is 1.03. The topological polar surface area (TPSA) is 51.6 Å². The van der Waals surface area contributed by atoms with E-state index in [-0.39, 0.29) is 0 Å². The van der Waals surface area contributed by atoms with Gasteiger partial charge in [0.15, 0.2) is 0 Å². The molecule has 3 aromatic rings. The Bertz CT molecular complexity index is 419. The number of nitrogens with zero attached hydrogens (tertiary/aromatic N) is 4. The van der Waals surface area contributed by atoms with Crippen molar-refractivity contribution in [2.45, 2.75) is 0 Å². The summed E-state index contributed by atoms with van der Waals surface area (Å²) in [5, 5.41) is 15.2. The maximum absolute atomic E-state index is 3.82. The molecular weight excluding hydrogens is 128 g/mol. The highest BCUT2D eigenvalue weighted by Gasteiger charge is 2.10. The van der Waals surface area contributed by atoms with Crippen LogP contribution in [0.3, 0.4) is 0 Å². The van der Waals surface area contributed by atoms with Gasteiger partial charge in [0.25, 0.3) is 0 Å². The Balaban J connectivity index is 2.67. The highest BCUT2D eigenvalue weighted by molar-refractivity contribution is 6.01. The van der Waals surface area contributed by atoms with Gasteiger partial charge in [-0.1, -0.05) is 0 Å². The molecule has 0 aliphatic carbocycles. The summed E-state index contributed by atoms with van der Waals surface area (Å²) in [4.78, 5) is 0. The minimum Gasteiger partial charge on any atom is -0.148 e. The van der Waals surface area contributed by atoms with E-state index in [1.54, 1.807) is 0 Å². The first-order valence-corrected chi connectivity index (χ1v) is 2.96. The van der Waals surface area contributed by atoms with Crippen LogP contribution in [0, 0.1) is 0 Å². The van der Waals surface area contributed by atoms with E-state index in [1.165, 1.54) is 0 Å². The molecule has 2 heterocycles. The van der Waals surface area contributed by atoms with Crippen LogP contribution in [-0.2, 0) is 0 Å². The van der Waals surface area contributed by atoms with Gasteiger partial charge in [0.2, 0.25) is 0 Å². The van der Waals surface area contributed by atoms with E-state index in [9.17, 15) is 0 Å². The SMILES string of the molecule is c1cc2nnc2c2nnc12. The largest absolute Gasteiger partial charge is 0.148 e. The average molecular weight is 130 g/mol. The standard InChI is InChI=1S/C6H2N4/c1-2-4-6(10-8-4)5-3(1)7-9-5/h1-2H. The van der Waals surface area contributed by atoms with Crippen LogP contribution in [0.25, 0.3) is 22.1 Å². The van der Waals surface area contributed by atoms with Gasteiger partial charge in [-0.15, -0.1) is 20.4 Å². The first-order chi connectivity index (χ1) is 4.95. The maximum atomic E-state index is 3.82. The number of benzene rings is 1. The third-order valence-electron chi connectivity index (χ3n) is 1.62. The van der Waals surface area contributed by atoms with Gasteiger partial charge >= 0.3 is 0 Å². The predicted molar refractivity (Wildman–Crippen MR) is 35.0 cm³/mol. The second kappa shape index (κ2) is 1.13. The maximum Gasteiger partial charge on any atom is 0.143 e. The Morgan fingerprint density at radius 2 is 1.20 bits per heavy atom. The van der Waals surface area contributed by atoms with Crippen LogP contribution in [-0.4, -0.2) is 20.4 Å². The summed E-state index contributed by atoms with van der Waals surface area (Å²) in [5.74, 6) is 0. The van der Waals surface area contributed by atoms with Gasteiger partial charge < -0.3 is 0 Å². The molecule has 0 saturated heterocycles. The number of rotatable bonds is 0. The highest BCUT2D eigenvalue weighted by Crippen LogP contribution is 2.20. The summed E-state index contributed by atoms with van der Waals surface area (Å²) in [6, 6.07) is 3.80. The molecule has 10 heavy (non-hydrogen) atoms. The molecule has 0 saturated carbocycles. The summed E-state index contributed by atoms with van der Waals surface area (Å²) in [5.41, 5.74) is 3.65. The molecule has 0 spiro atoms. The molecule has 4 nitrogen and oxygen atoms in total. The van der Waals surface area contributed by atoms with E-state index in [4.69, 9.17) is 0 Å². The van der Waals surface area contributed by atoms with Crippen molar-refractivity contribution >= 4 is 22.1 Å². The summed E-state index contributed by atoms with van der Waals surface area (Å²) in [6.45, 7) is 0. The van der Waals surface area contributed by atoms with Crippen LogP contribution in [0.1, 0.15) is 0 Å². The molecule has 4 heteroatoms. The summed E-state index contributed by atoms with van der Waals surface area (Å²) >= 11 is 0. The van der Waals surface area contributed by atoms with Crippen molar-refractivity contribution in [1.82, 2.24) is 20.4 Å². The fourth-order valence-corrected chi connectivity index (χ4v) is 1.04. The Kier molecular flexibility index (Phi) is 0.484. The van der Waals surface area contributed by atoms with Crippen molar-refractivity contribution in [2.24, 2.45) is 0 Å². The minimum atomic E-state index is 0.896.